The third-order valence-corrected chi connectivity index (χ3v) is 4.00. The zero-order valence-electron chi connectivity index (χ0n) is 11.3. The number of likely N-dealkylation sites (N-methyl/N-ethyl adjacent to an activating group) is 1. The molecule has 0 bridgehead atoms. The van der Waals surface area contributed by atoms with Gasteiger partial charge in [-0.1, -0.05) is 0 Å². The summed E-state index contributed by atoms with van der Waals surface area (Å²) in [6.45, 7) is 2.79. The molecule has 0 spiro atoms. The van der Waals surface area contributed by atoms with Crippen LogP contribution in [0.1, 0.15) is 6.42 Å². The number of ether oxygens (including phenoxy) is 1. The van der Waals surface area contributed by atoms with E-state index >= 15 is 0 Å². The number of carbonyl (C=O) groups is 2. The summed E-state index contributed by atoms with van der Waals surface area (Å²) in [5.74, 6) is 0.146. The van der Waals surface area contributed by atoms with Crippen LogP contribution in [-0.2, 0) is 9.53 Å². The van der Waals surface area contributed by atoms with Gasteiger partial charge in [0.1, 0.15) is 6.54 Å². The standard InChI is InChI=1S/C12H21N3O3/c1-13-5-4-9(6-13)10-7-15(8-11(16)18-3)12(17)14(10)2/h9-10H,4-8H2,1-3H3. The highest BCUT2D eigenvalue weighted by Crippen LogP contribution is 2.27. The molecule has 0 aromatic rings. The number of amides is 2. The van der Waals surface area contributed by atoms with Crippen molar-refractivity contribution in [1.82, 2.24) is 14.7 Å². The fourth-order valence-electron chi connectivity index (χ4n) is 2.89. The molecule has 0 aromatic carbocycles. The molecule has 2 aliphatic rings. The Morgan fingerprint density at radius 3 is 2.67 bits per heavy atom. The molecule has 18 heavy (non-hydrogen) atoms. The fourth-order valence-corrected chi connectivity index (χ4v) is 2.89. The maximum Gasteiger partial charge on any atom is 0.325 e. The minimum Gasteiger partial charge on any atom is -0.468 e. The van der Waals surface area contributed by atoms with Gasteiger partial charge in [-0.05, 0) is 25.9 Å². The first-order chi connectivity index (χ1) is 8.52. The van der Waals surface area contributed by atoms with Crippen molar-refractivity contribution in [2.45, 2.75) is 12.5 Å². The zero-order chi connectivity index (χ0) is 13.3. The van der Waals surface area contributed by atoms with E-state index < -0.39 is 0 Å². The van der Waals surface area contributed by atoms with Crippen molar-refractivity contribution >= 4 is 12.0 Å². The van der Waals surface area contributed by atoms with Gasteiger partial charge in [-0.15, -0.1) is 0 Å². The van der Waals surface area contributed by atoms with Gasteiger partial charge < -0.3 is 19.4 Å². The third kappa shape index (κ3) is 2.43. The lowest BCUT2D eigenvalue weighted by Crippen LogP contribution is -2.37. The summed E-state index contributed by atoms with van der Waals surface area (Å²) in [6.07, 6.45) is 1.12. The summed E-state index contributed by atoms with van der Waals surface area (Å²) in [5.41, 5.74) is 0. The summed E-state index contributed by atoms with van der Waals surface area (Å²) in [7, 11) is 5.27. The van der Waals surface area contributed by atoms with Crippen LogP contribution >= 0.6 is 0 Å². The van der Waals surface area contributed by atoms with Crippen LogP contribution in [0, 0.1) is 5.92 Å². The van der Waals surface area contributed by atoms with Gasteiger partial charge in [0.2, 0.25) is 0 Å². The highest BCUT2D eigenvalue weighted by atomic mass is 16.5. The number of nitrogens with zero attached hydrogens (tertiary/aromatic N) is 3. The second kappa shape index (κ2) is 5.14. The van der Waals surface area contributed by atoms with E-state index in [1.54, 1.807) is 9.80 Å². The lowest BCUT2D eigenvalue weighted by Gasteiger charge is -2.23. The summed E-state index contributed by atoms with van der Waals surface area (Å²) in [5, 5.41) is 0. The quantitative estimate of drug-likeness (QED) is 0.658. The molecule has 0 aromatic heterocycles. The van der Waals surface area contributed by atoms with Gasteiger partial charge in [0, 0.05) is 20.1 Å². The third-order valence-electron chi connectivity index (χ3n) is 4.00. The van der Waals surface area contributed by atoms with E-state index in [4.69, 9.17) is 0 Å². The van der Waals surface area contributed by atoms with Crippen LogP contribution in [0.3, 0.4) is 0 Å². The first kappa shape index (κ1) is 13.1. The Kier molecular flexibility index (Phi) is 3.75. The Labute approximate surface area is 107 Å². The SMILES string of the molecule is COC(=O)CN1CC(C2CCN(C)C2)N(C)C1=O. The van der Waals surface area contributed by atoms with E-state index in [9.17, 15) is 9.59 Å². The predicted molar refractivity (Wildman–Crippen MR) is 66.1 cm³/mol. The Hall–Kier alpha value is -1.30. The fraction of sp³-hybridized carbons (Fsp3) is 0.833. The molecule has 2 unspecified atom stereocenters. The molecule has 2 saturated heterocycles. The largest absolute Gasteiger partial charge is 0.468 e. The number of urea groups is 1. The molecule has 2 rings (SSSR count). The summed E-state index contributed by atoms with van der Waals surface area (Å²) < 4.78 is 4.61. The number of hydrogen-bond donors (Lipinski definition) is 0. The molecule has 0 N–H and O–H groups in total. The van der Waals surface area contributed by atoms with Gasteiger partial charge in [0.25, 0.3) is 0 Å². The van der Waals surface area contributed by atoms with Crippen molar-refractivity contribution in [2.24, 2.45) is 5.92 Å². The second-order valence-corrected chi connectivity index (χ2v) is 5.23. The van der Waals surface area contributed by atoms with Gasteiger partial charge in [-0.25, -0.2) is 4.79 Å². The Morgan fingerprint density at radius 1 is 1.39 bits per heavy atom. The van der Waals surface area contributed by atoms with Gasteiger partial charge in [-0.2, -0.15) is 0 Å². The molecule has 2 fully saturated rings. The second-order valence-electron chi connectivity index (χ2n) is 5.23. The van der Waals surface area contributed by atoms with Crippen molar-refractivity contribution in [3.63, 3.8) is 0 Å². The number of esters is 1. The normalized spacial score (nSPS) is 29.2. The lowest BCUT2D eigenvalue weighted by molar-refractivity contribution is -0.141. The molecule has 2 amide bonds. The highest BCUT2D eigenvalue weighted by molar-refractivity contribution is 5.82. The molecule has 102 valence electrons. The maximum atomic E-state index is 12.0. The number of rotatable bonds is 3. The molecular weight excluding hydrogens is 234 g/mol. The topological polar surface area (TPSA) is 53.1 Å². The molecule has 0 saturated carbocycles. The van der Waals surface area contributed by atoms with Gasteiger partial charge in [0.15, 0.2) is 0 Å². The monoisotopic (exact) mass is 255 g/mol. The van der Waals surface area contributed by atoms with E-state index in [0.717, 1.165) is 19.5 Å². The van der Waals surface area contributed by atoms with Crippen LogP contribution in [-0.4, -0.2) is 80.1 Å². The van der Waals surface area contributed by atoms with Gasteiger partial charge >= 0.3 is 12.0 Å². The Balaban J connectivity index is 1.98. The van der Waals surface area contributed by atoms with Crippen molar-refractivity contribution in [2.75, 3.05) is 47.4 Å². The average Bonchev–Trinajstić information content (AvgIpc) is 2.88. The number of methoxy groups -OCH3 is 1. The van der Waals surface area contributed by atoms with Crippen molar-refractivity contribution in [3.05, 3.63) is 0 Å². The summed E-state index contributed by atoms with van der Waals surface area (Å²) in [4.78, 5) is 28.9. The molecule has 2 aliphatic heterocycles. The number of likely N-dealkylation sites (tertiary alicyclic amines) is 1. The smallest absolute Gasteiger partial charge is 0.325 e. The van der Waals surface area contributed by atoms with Crippen LogP contribution in [0.2, 0.25) is 0 Å². The zero-order valence-corrected chi connectivity index (χ0v) is 11.3. The molecule has 0 radical (unpaired) electrons. The molecule has 6 heteroatoms. The van der Waals surface area contributed by atoms with Gasteiger partial charge in [-0.3, -0.25) is 4.79 Å². The van der Waals surface area contributed by atoms with Crippen molar-refractivity contribution < 1.29 is 14.3 Å². The minimum absolute atomic E-state index is 0.0543. The molecule has 2 heterocycles. The highest BCUT2D eigenvalue weighted by Gasteiger charge is 2.41. The molecule has 2 atom stereocenters. The summed E-state index contributed by atoms with van der Waals surface area (Å²) in [6, 6.07) is 0.145. The van der Waals surface area contributed by atoms with Crippen molar-refractivity contribution in [3.8, 4) is 0 Å². The van der Waals surface area contributed by atoms with E-state index in [-0.39, 0.29) is 24.6 Å². The first-order valence-electron chi connectivity index (χ1n) is 6.30. The van der Waals surface area contributed by atoms with Crippen LogP contribution in [0.15, 0.2) is 0 Å². The number of carbonyl (C=O) groups excluding carboxylic acids is 2. The Bertz CT molecular complexity index is 347. The molecule has 0 aliphatic carbocycles. The van der Waals surface area contributed by atoms with Crippen LogP contribution in [0.25, 0.3) is 0 Å². The van der Waals surface area contributed by atoms with Gasteiger partial charge in [0.05, 0.1) is 13.2 Å². The summed E-state index contributed by atoms with van der Waals surface area (Å²) >= 11 is 0. The van der Waals surface area contributed by atoms with E-state index in [2.05, 4.69) is 16.7 Å². The first-order valence-corrected chi connectivity index (χ1v) is 6.30. The van der Waals surface area contributed by atoms with Crippen molar-refractivity contribution in [1.29, 1.82) is 0 Å². The average molecular weight is 255 g/mol. The lowest BCUT2D eigenvalue weighted by atomic mass is 9.99. The predicted octanol–water partition coefficient (Wildman–Crippen LogP) is -0.153. The van der Waals surface area contributed by atoms with E-state index in [0.29, 0.717) is 12.5 Å². The van der Waals surface area contributed by atoms with E-state index in [1.165, 1.54) is 7.11 Å². The van der Waals surface area contributed by atoms with Crippen LogP contribution < -0.4 is 0 Å². The molecular formula is C12H21N3O3. The number of hydrogen-bond acceptors (Lipinski definition) is 4. The maximum absolute atomic E-state index is 12.0. The minimum atomic E-state index is -0.360. The Morgan fingerprint density at radius 2 is 2.11 bits per heavy atom. The van der Waals surface area contributed by atoms with E-state index in [1.807, 2.05) is 7.05 Å². The van der Waals surface area contributed by atoms with Crippen LogP contribution in [0.5, 0.6) is 0 Å². The van der Waals surface area contributed by atoms with Crippen LogP contribution in [0.4, 0.5) is 4.79 Å². The molecule has 6 nitrogen and oxygen atoms in total.